The van der Waals surface area contributed by atoms with Gasteiger partial charge in [-0.15, -0.1) is 11.3 Å². The van der Waals surface area contributed by atoms with E-state index in [0.717, 1.165) is 35.4 Å². The highest BCUT2D eigenvalue weighted by atomic mass is 32.1. The van der Waals surface area contributed by atoms with Gasteiger partial charge in [-0.2, -0.15) is 0 Å². The molecule has 6 nitrogen and oxygen atoms in total. The van der Waals surface area contributed by atoms with E-state index in [2.05, 4.69) is 5.16 Å². The zero-order valence-electron chi connectivity index (χ0n) is 11.6. The Bertz CT molecular complexity index is 525. The zero-order chi connectivity index (χ0) is 14.5. The van der Waals surface area contributed by atoms with Crippen molar-refractivity contribution in [2.75, 3.05) is 26.2 Å². The number of esters is 1. The van der Waals surface area contributed by atoms with Crippen LogP contribution in [0.1, 0.15) is 40.6 Å². The van der Waals surface area contributed by atoms with Crippen LogP contribution in [-0.2, 0) is 20.7 Å². The van der Waals surface area contributed by atoms with Crippen molar-refractivity contribution >= 4 is 28.0 Å². The van der Waals surface area contributed by atoms with Gasteiger partial charge in [0.1, 0.15) is 5.00 Å². The minimum absolute atomic E-state index is 0.102. The summed E-state index contributed by atoms with van der Waals surface area (Å²) in [4.78, 5) is 18.0. The molecule has 0 bridgehead atoms. The maximum Gasteiger partial charge on any atom is 0.341 e. The minimum Gasteiger partial charge on any atom is -0.462 e. The van der Waals surface area contributed by atoms with Gasteiger partial charge in [0, 0.05) is 7.11 Å². The summed E-state index contributed by atoms with van der Waals surface area (Å²) in [6.07, 6.45) is 2.52. The quantitative estimate of drug-likeness (QED) is 0.390. The van der Waals surface area contributed by atoms with Gasteiger partial charge in [0.05, 0.1) is 22.8 Å². The Balaban J connectivity index is 2.32. The Morgan fingerprint density at radius 2 is 2.25 bits per heavy atom. The molecule has 0 saturated heterocycles. The van der Waals surface area contributed by atoms with Gasteiger partial charge in [-0.3, -0.25) is 0 Å². The zero-order valence-corrected chi connectivity index (χ0v) is 12.4. The molecule has 110 valence electrons. The average Bonchev–Trinajstić information content (AvgIpc) is 2.76. The van der Waals surface area contributed by atoms with Crippen LogP contribution < -0.4 is 5.73 Å². The number of oxime groups is 1. The Morgan fingerprint density at radius 1 is 1.45 bits per heavy atom. The molecule has 20 heavy (non-hydrogen) atoms. The van der Waals surface area contributed by atoms with Gasteiger partial charge in [-0.1, -0.05) is 5.16 Å². The number of hydrogen-bond acceptors (Lipinski definition) is 7. The molecule has 0 unspecified atom stereocenters. The van der Waals surface area contributed by atoms with Crippen LogP contribution in [0.5, 0.6) is 0 Å². The molecule has 0 radical (unpaired) electrons. The molecule has 0 spiro atoms. The number of hydrogen-bond donors (Lipinski definition) is 1. The lowest BCUT2D eigenvalue weighted by Crippen LogP contribution is -2.14. The lowest BCUT2D eigenvalue weighted by atomic mass is 9.94. The van der Waals surface area contributed by atoms with Gasteiger partial charge in [-0.25, -0.2) is 4.79 Å². The molecule has 1 aromatic heterocycles. The second-order valence-electron chi connectivity index (χ2n) is 4.30. The second-order valence-corrected chi connectivity index (χ2v) is 5.35. The van der Waals surface area contributed by atoms with Crippen molar-refractivity contribution in [1.82, 2.24) is 0 Å². The first-order valence-electron chi connectivity index (χ1n) is 6.45. The number of ether oxygens (including phenoxy) is 2. The largest absolute Gasteiger partial charge is 0.462 e. The van der Waals surface area contributed by atoms with Gasteiger partial charge in [0.15, 0.2) is 0 Å². The van der Waals surface area contributed by atoms with Crippen LogP contribution in [0.4, 0.5) is 5.00 Å². The molecule has 0 aromatic carbocycles. The molecule has 1 heterocycles. The molecular formula is C13H18N2O4S. The maximum absolute atomic E-state index is 12.0. The second kappa shape index (κ2) is 6.71. The normalized spacial score (nSPS) is 16.0. The van der Waals surface area contributed by atoms with Crippen molar-refractivity contribution in [3.8, 4) is 0 Å². The van der Waals surface area contributed by atoms with Crippen LogP contribution in [0.15, 0.2) is 5.16 Å². The molecule has 2 rings (SSSR count). The average molecular weight is 298 g/mol. The number of methoxy groups -OCH3 is 1. The monoisotopic (exact) mass is 298 g/mol. The lowest BCUT2D eigenvalue weighted by molar-refractivity contribution is -0.0284. The van der Waals surface area contributed by atoms with Crippen LogP contribution in [0.25, 0.3) is 0 Å². The number of rotatable bonds is 5. The fourth-order valence-corrected chi connectivity index (χ4v) is 3.29. The molecule has 0 saturated carbocycles. The number of thiophene rings is 1. The predicted octanol–water partition coefficient (Wildman–Crippen LogP) is 2.17. The Kier molecular flexibility index (Phi) is 4.97. The Morgan fingerprint density at radius 3 is 2.95 bits per heavy atom. The number of nitrogen functional groups attached to an aromatic ring is 1. The van der Waals surface area contributed by atoms with Crippen LogP contribution in [0.2, 0.25) is 0 Å². The summed E-state index contributed by atoms with van der Waals surface area (Å²) in [5.74, 6) is -0.360. The standard InChI is InChI=1S/C13H18N2O4S/c1-3-18-13(16)10-8-5-4-6-9(15-19-7-17-2)11(8)20-12(10)14/h3-7,14H2,1-2H3. The molecule has 0 amide bonds. The first kappa shape index (κ1) is 14.8. The highest BCUT2D eigenvalue weighted by molar-refractivity contribution is 7.18. The number of nitrogens with zero attached hydrogens (tertiary/aromatic N) is 1. The van der Waals surface area contributed by atoms with Crippen molar-refractivity contribution in [2.24, 2.45) is 5.16 Å². The van der Waals surface area contributed by atoms with Crippen LogP contribution in [0.3, 0.4) is 0 Å². The van der Waals surface area contributed by atoms with E-state index in [4.69, 9.17) is 20.0 Å². The molecule has 0 aliphatic heterocycles. The third-order valence-electron chi connectivity index (χ3n) is 2.96. The van der Waals surface area contributed by atoms with E-state index in [0.29, 0.717) is 17.2 Å². The highest BCUT2D eigenvalue weighted by Gasteiger charge is 2.28. The Hall–Kier alpha value is -1.60. The molecule has 1 aliphatic carbocycles. The van der Waals surface area contributed by atoms with E-state index in [1.807, 2.05) is 0 Å². The summed E-state index contributed by atoms with van der Waals surface area (Å²) in [6.45, 7) is 2.21. The third-order valence-corrected chi connectivity index (χ3v) is 4.07. The van der Waals surface area contributed by atoms with Gasteiger partial charge < -0.3 is 20.0 Å². The summed E-state index contributed by atoms with van der Waals surface area (Å²) in [7, 11) is 1.54. The topological polar surface area (TPSA) is 83.1 Å². The van der Waals surface area contributed by atoms with E-state index in [1.54, 1.807) is 6.92 Å². The van der Waals surface area contributed by atoms with E-state index in [-0.39, 0.29) is 12.8 Å². The number of anilines is 1. The van der Waals surface area contributed by atoms with E-state index >= 15 is 0 Å². The molecule has 1 aromatic rings. The molecule has 1 aliphatic rings. The van der Waals surface area contributed by atoms with Crippen molar-refractivity contribution in [3.63, 3.8) is 0 Å². The van der Waals surface area contributed by atoms with Gasteiger partial charge >= 0.3 is 5.97 Å². The number of fused-ring (bicyclic) bond motifs is 1. The number of carbonyl (C=O) groups excluding carboxylic acids is 1. The summed E-state index contributed by atoms with van der Waals surface area (Å²) in [5, 5.41) is 4.55. The van der Waals surface area contributed by atoms with E-state index in [9.17, 15) is 4.79 Å². The molecule has 7 heteroatoms. The minimum atomic E-state index is -0.360. The van der Waals surface area contributed by atoms with Crippen LogP contribution in [-0.4, -0.2) is 32.2 Å². The summed E-state index contributed by atoms with van der Waals surface area (Å²) < 4.78 is 9.86. The number of nitrogens with two attached hydrogens (primary N) is 1. The molecule has 2 N–H and O–H groups in total. The number of carbonyl (C=O) groups is 1. The van der Waals surface area contributed by atoms with Crippen LogP contribution >= 0.6 is 11.3 Å². The third kappa shape index (κ3) is 2.94. The fourth-order valence-electron chi connectivity index (χ4n) is 2.17. The van der Waals surface area contributed by atoms with Crippen molar-refractivity contribution in [1.29, 1.82) is 0 Å². The first-order valence-corrected chi connectivity index (χ1v) is 7.27. The summed E-state index contributed by atoms with van der Waals surface area (Å²) >= 11 is 1.36. The van der Waals surface area contributed by atoms with Crippen LogP contribution in [0, 0.1) is 0 Å². The first-order chi connectivity index (χ1) is 9.69. The van der Waals surface area contributed by atoms with Gasteiger partial charge in [-0.05, 0) is 31.7 Å². The van der Waals surface area contributed by atoms with Crippen molar-refractivity contribution in [2.45, 2.75) is 26.2 Å². The van der Waals surface area contributed by atoms with Crippen molar-refractivity contribution in [3.05, 3.63) is 16.0 Å². The molecule has 0 fully saturated rings. The Labute approximate surface area is 121 Å². The predicted molar refractivity (Wildman–Crippen MR) is 77.1 cm³/mol. The summed E-state index contributed by atoms with van der Waals surface area (Å²) in [5.41, 5.74) is 8.20. The summed E-state index contributed by atoms with van der Waals surface area (Å²) in [6, 6.07) is 0. The molecule has 0 atom stereocenters. The van der Waals surface area contributed by atoms with E-state index < -0.39 is 0 Å². The van der Waals surface area contributed by atoms with Gasteiger partial charge in [0.25, 0.3) is 0 Å². The smallest absolute Gasteiger partial charge is 0.341 e. The van der Waals surface area contributed by atoms with E-state index in [1.165, 1.54) is 18.4 Å². The maximum atomic E-state index is 12.0. The van der Waals surface area contributed by atoms with Crippen molar-refractivity contribution < 1.29 is 19.1 Å². The fraction of sp³-hybridized carbons (Fsp3) is 0.538. The van der Waals surface area contributed by atoms with Gasteiger partial charge in [0.2, 0.25) is 6.79 Å². The molecular weight excluding hydrogens is 280 g/mol. The highest BCUT2D eigenvalue weighted by Crippen LogP contribution is 2.37. The SMILES string of the molecule is CCOC(=O)c1c(N)sc2c1CCCC2=NOCOC. The lowest BCUT2D eigenvalue weighted by Gasteiger charge is -2.14.